The number of hydrogen-bond donors (Lipinski definition) is 0. The van der Waals surface area contributed by atoms with Crippen LogP contribution in [0.4, 0.5) is 0 Å². The number of unbranched alkanes of at least 4 members (excludes halogenated alkanes) is 41. The molecule has 0 heterocycles. The molecular weight excluding hydrogens is 805 g/mol. The Morgan fingerprint density at radius 2 is 0.508 bits per heavy atom. The summed E-state index contributed by atoms with van der Waals surface area (Å²) < 4.78 is 16.9. The van der Waals surface area contributed by atoms with E-state index >= 15 is 0 Å². The molecule has 0 aliphatic rings. The standard InChI is InChI=1S/C59H112O6/c1-4-7-10-13-16-19-22-25-27-29-31-34-37-40-43-46-49-52-58(61)64-55-56(54-63-57(60)51-48-45-42-39-36-33-24-21-18-15-12-9-6-3)65-59(62)53-50-47-44-41-38-35-32-30-28-26-23-20-17-14-11-8-5-2/h25,27,56H,4-24,26,28-55H2,1-3H3/b27-25+/t56-/m1/s1. The fourth-order valence-electron chi connectivity index (χ4n) is 8.85. The van der Waals surface area contributed by atoms with Crippen LogP contribution in [0.1, 0.15) is 329 Å². The van der Waals surface area contributed by atoms with Crippen LogP contribution in [0.3, 0.4) is 0 Å². The molecule has 0 fully saturated rings. The zero-order valence-corrected chi connectivity index (χ0v) is 44.0. The molecule has 6 nitrogen and oxygen atoms in total. The number of esters is 3. The van der Waals surface area contributed by atoms with Crippen molar-refractivity contribution in [2.45, 2.75) is 335 Å². The maximum atomic E-state index is 12.9. The highest BCUT2D eigenvalue weighted by Gasteiger charge is 2.19. The van der Waals surface area contributed by atoms with Gasteiger partial charge < -0.3 is 14.2 Å². The molecule has 6 heteroatoms. The van der Waals surface area contributed by atoms with Crippen LogP contribution < -0.4 is 0 Å². The molecule has 0 saturated carbocycles. The van der Waals surface area contributed by atoms with E-state index in [-0.39, 0.29) is 31.1 Å². The maximum Gasteiger partial charge on any atom is 0.306 e. The summed E-state index contributed by atoms with van der Waals surface area (Å²) in [5.41, 5.74) is 0. The zero-order chi connectivity index (χ0) is 47.2. The fourth-order valence-corrected chi connectivity index (χ4v) is 8.85. The quantitative estimate of drug-likeness (QED) is 0.0262. The van der Waals surface area contributed by atoms with Crippen LogP contribution in [0, 0.1) is 0 Å². The summed E-state index contributed by atoms with van der Waals surface area (Å²) in [7, 11) is 0. The highest BCUT2D eigenvalue weighted by molar-refractivity contribution is 5.71. The fraction of sp³-hybridized carbons (Fsp3) is 0.915. The van der Waals surface area contributed by atoms with Crippen LogP contribution in [0.5, 0.6) is 0 Å². The third-order valence-corrected chi connectivity index (χ3v) is 13.3. The van der Waals surface area contributed by atoms with Crippen LogP contribution in [-0.4, -0.2) is 37.2 Å². The van der Waals surface area contributed by atoms with Crippen molar-refractivity contribution >= 4 is 17.9 Å². The Labute approximate surface area is 405 Å². The predicted octanol–water partition coefficient (Wildman–Crippen LogP) is 19.3. The second-order valence-electron chi connectivity index (χ2n) is 19.9. The number of rotatable bonds is 54. The van der Waals surface area contributed by atoms with Crippen molar-refractivity contribution < 1.29 is 28.6 Å². The van der Waals surface area contributed by atoms with E-state index in [0.29, 0.717) is 19.3 Å². The zero-order valence-electron chi connectivity index (χ0n) is 44.0. The Kier molecular flexibility index (Phi) is 53.2. The van der Waals surface area contributed by atoms with E-state index in [0.717, 1.165) is 57.8 Å². The molecule has 0 amide bonds. The molecule has 0 unspecified atom stereocenters. The van der Waals surface area contributed by atoms with Crippen LogP contribution in [0.25, 0.3) is 0 Å². The van der Waals surface area contributed by atoms with Crippen molar-refractivity contribution in [1.82, 2.24) is 0 Å². The molecule has 0 spiro atoms. The number of hydrogen-bond acceptors (Lipinski definition) is 6. The van der Waals surface area contributed by atoms with E-state index in [1.807, 2.05) is 0 Å². The monoisotopic (exact) mass is 917 g/mol. The Morgan fingerprint density at radius 3 is 0.769 bits per heavy atom. The van der Waals surface area contributed by atoms with Gasteiger partial charge in [0.1, 0.15) is 13.2 Å². The van der Waals surface area contributed by atoms with Gasteiger partial charge in [-0.1, -0.05) is 277 Å². The van der Waals surface area contributed by atoms with E-state index < -0.39 is 6.10 Å². The van der Waals surface area contributed by atoms with E-state index in [2.05, 4.69) is 32.9 Å². The lowest BCUT2D eigenvalue weighted by Gasteiger charge is -2.18. The van der Waals surface area contributed by atoms with Gasteiger partial charge in [-0.15, -0.1) is 0 Å². The van der Waals surface area contributed by atoms with Crippen LogP contribution in [-0.2, 0) is 28.6 Å². The van der Waals surface area contributed by atoms with Crippen LogP contribution in [0.15, 0.2) is 12.2 Å². The molecule has 0 aromatic rings. The highest BCUT2D eigenvalue weighted by atomic mass is 16.6. The first-order chi connectivity index (χ1) is 32.0. The lowest BCUT2D eigenvalue weighted by atomic mass is 10.0. The van der Waals surface area contributed by atoms with Gasteiger partial charge in [0.15, 0.2) is 6.10 Å². The van der Waals surface area contributed by atoms with Crippen molar-refractivity contribution in [2.75, 3.05) is 13.2 Å². The molecule has 0 aromatic carbocycles. The second-order valence-corrected chi connectivity index (χ2v) is 19.9. The maximum absolute atomic E-state index is 12.9. The second kappa shape index (κ2) is 54.8. The van der Waals surface area contributed by atoms with Gasteiger partial charge in [-0.2, -0.15) is 0 Å². The van der Waals surface area contributed by atoms with Crippen molar-refractivity contribution in [1.29, 1.82) is 0 Å². The molecule has 65 heavy (non-hydrogen) atoms. The molecule has 0 radical (unpaired) electrons. The van der Waals surface area contributed by atoms with Crippen LogP contribution >= 0.6 is 0 Å². The van der Waals surface area contributed by atoms with Crippen molar-refractivity contribution in [3.8, 4) is 0 Å². The lowest BCUT2D eigenvalue weighted by Crippen LogP contribution is -2.30. The molecule has 384 valence electrons. The Bertz CT molecular complexity index is 1010. The largest absolute Gasteiger partial charge is 0.462 e. The van der Waals surface area contributed by atoms with E-state index in [4.69, 9.17) is 14.2 Å². The van der Waals surface area contributed by atoms with Gasteiger partial charge in [0, 0.05) is 19.3 Å². The van der Waals surface area contributed by atoms with Gasteiger partial charge in [-0.25, -0.2) is 0 Å². The highest BCUT2D eigenvalue weighted by Crippen LogP contribution is 2.17. The van der Waals surface area contributed by atoms with Gasteiger partial charge in [-0.3, -0.25) is 14.4 Å². The summed E-state index contributed by atoms with van der Waals surface area (Å²) >= 11 is 0. The SMILES string of the molecule is CCCCCCCC/C=C/CCCCCCCCCC(=O)OC[C@@H](COC(=O)CCCCCCCCCCCCCCC)OC(=O)CCCCCCCCCCCCCCCCCCC. The summed E-state index contributed by atoms with van der Waals surface area (Å²) in [6.45, 7) is 6.69. The van der Waals surface area contributed by atoms with E-state index in [1.165, 1.54) is 231 Å². The first-order valence-corrected chi connectivity index (χ1v) is 29.2. The molecule has 0 saturated heterocycles. The Balaban J connectivity index is 4.31. The summed E-state index contributed by atoms with van der Waals surface area (Å²) in [6, 6.07) is 0. The van der Waals surface area contributed by atoms with Gasteiger partial charge in [-0.05, 0) is 44.9 Å². The number of carbonyl (C=O) groups excluding carboxylic acids is 3. The summed E-state index contributed by atoms with van der Waals surface area (Å²) in [5, 5.41) is 0. The minimum absolute atomic E-state index is 0.0652. The molecule has 0 rings (SSSR count). The lowest BCUT2D eigenvalue weighted by molar-refractivity contribution is -0.167. The molecule has 0 N–H and O–H groups in total. The van der Waals surface area contributed by atoms with E-state index in [1.54, 1.807) is 0 Å². The first kappa shape index (κ1) is 63.1. The predicted molar refractivity (Wildman–Crippen MR) is 280 cm³/mol. The molecule has 0 bridgehead atoms. The van der Waals surface area contributed by atoms with Crippen LogP contribution in [0.2, 0.25) is 0 Å². The molecule has 1 atom stereocenters. The minimum atomic E-state index is -0.766. The van der Waals surface area contributed by atoms with Gasteiger partial charge >= 0.3 is 17.9 Å². The Hall–Kier alpha value is -1.85. The topological polar surface area (TPSA) is 78.9 Å². The average molecular weight is 918 g/mol. The number of allylic oxidation sites excluding steroid dienone is 2. The summed E-state index contributed by atoms with van der Waals surface area (Å²) in [5.74, 6) is -0.845. The van der Waals surface area contributed by atoms with Crippen molar-refractivity contribution in [3.05, 3.63) is 12.2 Å². The summed E-state index contributed by atoms with van der Waals surface area (Å²) in [4.78, 5) is 38.1. The van der Waals surface area contributed by atoms with Gasteiger partial charge in [0.05, 0.1) is 0 Å². The third kappa shape index (κ3) is 53.0. The van der Waals surface area contributed by atoms with Crippen molar-refractivity contribution in [3.63, 3.8) is 0 Å². The van der Waals surface area contributed by atoms with Gasteiger partial charge in [0.2, 0.25) is 0 Å². The number of ether oxygens (including phenoxy) is 3. The molecule has 0 aromatic heterocycles. The normalized spacial score (nSPS) is 12.0. The summed E-state index contributed by atoms with van der Waals surface area (Å²) in [6.07, 6.45) is 62.0. The smallest absolute Gasteiger partial charge is 0.306 e. The first-order valence-electron chi connectivity index (χ1n) is 29.2. The minimum Gasteiger partial charge on any atom is -0.462 e. The molecule has 0 aliphatic carbocycles. The van der Waals surface area contributed by atoms with E-state index in [9.17, 15) is 14.4 Å². The van der Waals surface area contributed by atoms with Crippen molar-refractivity contribution in [2.24, 2.45) is 0 Å². The number of carbonyl (C=O) groups is 3. The van der Waals surface area contributed by atoms with Gasteiger partial charge in [0.25, 0.3) is 0 Å². The molecular formula is C59H112O6. The molecule has 0 aliphatic heterocycles. The Morgan fingerprint density at radius 1 is 0.292 bits per heavy atom. The third-order valence-electron chi connectivity index (χ3n) is 13.3. The average Bonchev–Trinajstić information content (AvgIpc) is 3.30.